The number of ether oxygens (including phenoxy) is 1. The fraction of sp³-hybridized carbons (Fsp3) is 0.462. The van der Waals surface area contributed by atoms with Crippen molar-refractivity contribution in [1.82, 2.24) is 9.55 Å². The molecular weight excluding hydrogens is 296 g/mol. The van der Waals surface area contributed by atoms with Gasteiger partial charge in [-0.1, -0.05) is 6.07 Å². The van der Waals surface area contributed by atoms with Crippen molar-refractivity contribution < 1.29 is 13.2 Å². The first-order valence-electron chi connectivity index (χ1n) is 6.44. The molecule has 1 aromatic heterocycles. The average Bonchev–Trinajstić information content (AvgIpc) is 2.69. The van der Waals surface area contributed by atoms with Crippen molar-refractivity contribution >= 4 is 33.1 Å². The zero-order valence-electron chi connectivity index (χ0n) is 11.5. The number of nitrogens with one attached hydrogen (secondary N) is 1. The van der Waals surface area contributed by atoms with Gasteiger partial charge in [0, 0.05) is 26.0 Å². The first-order valence-corrected chi connectivity index (χ1v) is 8.74. The van der Waals surface area contributed by atoms with Crippen LogP contribution in [0.5, 0.6) is 0 Å². The van der Waals surface area contributed by atoms with Crippen LogP contribution in [-0.4, -0.2) is 37.4 Å². The highest BCUT2D eigenvalue weighted by molar-refractivity contribution is 7.91. The Hall–Kier alpha value is -1.18. The Labute approximate surface area is 123 Å². The largest absolute Gasteiger partial charge is 0.382 e. The van der Waals surface area contributed by atoms with Crippen LogP contribution < -0.4 is 0 Å². The van der Waals surface area contributed by atoms with Crippen LogP contribution in [-0.2, 0) is 21.1 Å². The minimum Gasteiger partial charge on any atom is -0.382 e. The summed E-state index contributed by atoms with van der Waals surface area (Å²) in [7, 11) is -3.28. The molecule has 1 aromatic carbocycles. The molecule has 0 bridgehead atoms. The molecule has 0 amide bonds. The van der Waals surface area contributed by atoms with Crippen LogP contribution in [0.25, 0.3) is 11.0 Å². The van der Waals surface area contributed by atoms with Gasteiger partial charge in [0.2, 0.25) is 0 Å². The molecule has 0 aliphatic heterocycles. The van der Waals surface area contributed by atoms with Gasteiger partial charge in [0.05, 0.1) is 15.9 Å². The smallest absolute Gasteiger partial charge is 0.178 e. The van der Waals surface area contributed by atoms with E-state index in [-0.39, 0.29) is 4.90 Å². The van der Waals surface area contributed by atoms with E-state index in [2.05, 4.69) is 4.98 Å². The van der Waals surface area contributed by atoms with Gasteiger partial charge in [-0.3, -0.25) is 0 Å². The molecule has 1 heterocycles. The Morgan fingerprint density at radius 2 is 2.15 bits per heavy atom. The van der Waals surface area contributed by atoms with E-state index < -0.39 is 9.84 Å². The molecule has 0 saturated heterocycles. The highest BCUT2D eigenvalue weighted by Gasteiger charge is 2.15. The summed E-state index contributed by atoms with van der Waals surface area (Å²) in [5.41, 5.74) is 1.39. The minimum atomic E-state index is -3.28. The van der Waals surface area contributed by atoms with Crippen molar-refractivity contribution in [2.45, 2.75) is 24.8 Å². The Morgan fingerprint density at radius 3 is 2.80 bits per heavy atom. The van der Waals surface area contributed by atoms with Crippen molar-refractivity contribution in [3.05, 3.63) is 23.0 Å². The van der Waals surface area contributed by atoms with E-state index in [4.69, 9.17) is 17.0 Å². The number of sulfone groups is 1. The van der Waals surface area contributed by atoms with Crippen LogP contribution in [0.15, 0.2) is 23.1 Å². The number of fused-ring (bicyclic) bond motifs is 1. The van der Waals surface area contributed by atoms with E-state index >= 15 is 0 Å². The predicted molar refractivity (Wildman–Crippen MR) is 81.3 cm³/mol. The summed E-state index contributed by atoms with van der Waals surface area (Å²) in [4.78, 5) is 3.28. The Balaban J connectivity index is 2.43. The van der Waals surface area contributed by atoms with Crippen molar-refractivity contribution in [1.29, 1.82) is 0 Å². The fourth-order valence-electron chi connectivity index (χ4n) is 2.15. The zero-order chi connectivity index (χ0) is 14.8. The molecule has 0 radical (unpaired) electrons. The quantitative estimate of drug-likeness (QED) is 0.657. The van der Waals surface area contributed by atoms with E-state index in [0.29, 0.717) is 30.0 Å². The maximum Gasteiger partial charge on any atom is 0.178 e. The highest BCUT2D eigenvalue weighted by atomic mass is 32.2. The normalized spacial score (nSPS) is 12.1. The molecule has 0 aliphatic carbocycles. The van der Waals surface area contributed by atoms with Gasteiger partial charge in [0.15, 0.2) is 14.6 Å². The van der Waals surface area contributed by atoms with Crippen molar-refractivity contribution in [2.24, 2.45) is 0 Å². The fourth-order valence-corrected chi connectivity index (χ4v) is 3.30. The molecule has 20 heavy (non-hydrogen) atoms. The lowest BCUT2D eigenvalue weighted by atomic mass is 10.3. The van der Waals surface area contributed by atoms with Crippen LogP contribution in [0, 0.1) is 4.77 Å². The molecule has 7 heteroatoms. The minimum absolute atomic E-state index is 0.282. The summed E-state index contributed by atoms with van der Waals surface area (Å²) in [5, 5.41) is 0. The predicted octanol–water partition coefficient (Wildman–Crippen LogP) is 2.53. The summed E-state index contributed by atoms with van der Waals surface area (Å²) >= 11 is 5.29. The molecule has 0 atom stereocenters. The molecule has 0 aliphatic rings. The number of benzene rings is 1. The summed E-state index contributed by atoms with van der Waals surface area (Å²) in [5.74, 6) is 0. The van der Waals surface area contributed by atoms with E-state index in [1.165, 1.54) is 6.26 Å². The number of aromatic nitrogens is 2. The molecule has 5 nitrogen and oxygen atoms in total. The number of rotatable bonds is 6. The van der Waals surface area contributed by atoms with Gasteiger partial charge < -0.3 is 14.3 Å². The zero-order valence-corrected chi connectivity index (χ0v) is 13.2. The summed E-state index contributed by atoms with van der Waals surface area (Å²) in [6, 6.07) is 5.20. The molecule has 0 saturated carbocycles. The molecular formula is C13H18N2O3S2. The van der Waals surface area contributed by atoms with Gasteiger partial charge in [-0.25, -0.2) is 8.42 Å². The van der Waals surface area contributed by atoms with Gasteiger partial charge in [-0.2, -0.15) is 0 Å². The Morgan fingerprint density at radius 1 is 1.40 bits per heavy atom. The van der Waals surface area contributed by atoms with E-state index in [9.17, 15) is 8.42 Å². The third-order valence-electron chi connectivity index (χ3n) is 3.05. The SMILES string of the molecule is CCOCCCn1c(=S)[nH]c2c(S(C)(=O)=O)cccc21. The molecule has 2 rings (SSSR count). The van der Waals surface area contributed by atoms with Crippen LogP contribution in [0.3, 0.4) is 0 Å². The number of hydrogen-bond acceptors (Lipinski definition) is 4. The first-order chi connectivity index (χ1) is 9.45. The molecule has 110 valence electrons. The molecule has 0 unspecified atom stereocenters. The third-order valence-corrected chi connectivity index (χ3v) is 4.51. The number of imidazole rings is 1. The number of nitrogens with zero attached hydrogens (tertiary/aromatic N) is 1. The highest BCUT2D eigenvalue weighted by Crippen LogP contribution is 2.22. The second-order valence-electron chi connectivity index (χ2n) is 4.55. The lowest BCUT2D eigenvalue weighted by Crippen LogP contribution is -2.03. The summed E-state index contributed by atoms with van der Waals surface area (Å²) in [6.45, 7) is 4.01. The molecule has 1 N–H and O–H groups in total. The molecule has 0 fully saturated rings. The number of aryl methyl sites for hydroxylation is 1. The lowest BCUT2D eigenvalue weighted by molar-refractivity contribution is 0.142. The number of H-pyrrole nitrogens is 1. The summed E-state index contributed by atoms with van der Waals surface area (Å²) < 4.78 is 31.3. The van der Waals surface area contributed by atoms with Crippen molar-refractivity contribution in [2.75, 3.05) is 19.5 Å². The molecule has 0 spiro atoms. The van der Waals surface area contributed by atoms with E-state index in [0.717, 1.165) is 11.9 Å². The average molecular weight is 314 g/mol. The summed E-state index contributed by atoms with van der Waals surface area (Å²) in [6.07, 6.45) is 2.03. The number of para-hydroxylation sites is 1. The van der Waals surface area contributed by atoms with Crippen molar-refractivity contribution in [3.8, 4) is 0 Å². The monoisotopic (exact) mass is 314 g/mol. The third kappa shape index (κ3) is 3.11. The van der Waals surface area contributed by atoms with Crippen molar-refractivity contribution in [3.63, 3.8) is 0 Å². The van der Waals surface area contributed by atoms with E-state index in [1.54, 1.807) is 12.1 Å². The van der Waals surface area contributed by atoms with Crippen LogP contribution >= 0.6 is 12.2 Å². The maximum absolute atomic E-state index is 11.8. The number of aromatic amines is 1. The van der Waals surface area contributed by atoms with Crippen LogP contribution in [0.2, 0.25) is 0 Å². The Kier molecular flexibility index (Phi) is 4.62. The maximum atomic E-state index is 11.8. The van der Waals surface area contributed by atoms with Crippen LogP contribution in [0.1, 0.15) is 13.3 Å². The molecule has 2 aromatic rings. The number of hydrogen-bond donors (Lipinski definition) is 1. The second-order valence-corrected chi connectivity index (χ2v) is 6.93. The van der Waals surface area contributed by atoms with E-state index in [1.807, 2.05) is 17.6 Å². The standard InChI is InChI=1S/C13H18N2O3S2/c1-3-18-9-5-8-15-10-6-4-7-11(20(2,16)17)12(10)14-13(15)19/h4,6-7H,3,5,8-9H2,1-2H3,(H,14,19). The Bertz CT molecular complexity index is 760. The van der Waals surface area contributed by atoms with Gasteiger partial charge in [-0.15, -0.1) is 0 Å². The van der Waals surface area contributed by atoms with Gasteiger partial charge in [0.1, 0.15) is 0 Å². The first kappa shape index (κ1) is 15.2. The topological polar surface area (TPSA) is 64.1 Å². The van der Waals surface area contributed by atoms with Crippen LogP contribution in [0.4, 0.5) is 0 Å². The second kappa shape index (κ2) is 6.07. The van der Waals surface area contributed by atoms with Gasteiger partial charge in [-0.05, 0) is 37.7 Å². The van der Waals surface area contributed by atoms with Gasteiger partial charge >= 0.3 is 0 Å². The van der Waals surface area contributed by atoms with Gasteiger partial charge in [0.25, 0.3) is 0 Å². The lowest BCUT2D eigenvalue weighted by Gasteiger charge is -2.05.